The summed E-state index contributed by atoms with van der Waals surface area (Å²) < 4.78 is 41.5. The molecule has 0 saturated heterocycles. The van der Waals surface area contributed by atoms with Crippen LogP contribution in [0.4, 0.5) is 13.2 Å². The third-order valence-corrected chi connectivity index (χ3v) is 4.05. The Morgan fingerprint density at radius 2 is 1.84 bits per heavy atom. The quantitative estimate of drug-likeness (QED) is 0.808. The van der Waals surface area contributed by atoms with E-state index in [1.807, 2.05) is 0 Å². The van der Waals surface area contributed by atoms with Crippen molar-refractivity contribution in [3.8, 4) is 0 Å². The Morgan fingerprint density at radius 3 is 2.37 bits per heavy atom. The molecule has 1 fully saturated rings. The van der Waals surface area contributed by atoms with Gasteiger partial charge in [-0.15, -0.1) is 0 Å². The molecule has 1 aliphatic rings. The third kappa shape index (κ3) is 1.68. The zero-order valence-electron chi connectivity index (χ0n) is 10.3. The van der Waals surface area contributed by atoms with Gasteiger partial charge in [0.25, 0.3) is 0 Å². The number of halogens is 3. The Bertz CT molecular complexity index is 562. The first-order chi connectivity index (χ1) is 8.96. The highest BCUT2D eigenvalue weighted by Gasteiger charge is 2.76. The van der Waals surface area contributed by atoms with Crippen LogP contribution in [0, 0.1) is 5.41 Å². The van der Waals surface area contributed by atoms with Gasteiger partial charge in [0, 0.05) is 18.3 Å². The minimum absolute atomic E-state index is 0.575. The normalized spacial score (nSPS) is 30.3. The van der Waals surface area contributed by atoms with Crippen LogP contribution in [0.5, 0.6) is 0 Å². The number of aromatic nitrogens is 2. The van der Waals surface area contributed by atoms with Crippen molar-refractivity contribution in [3.05, 3.63) is 54.4 Å². The predicted octanol–water partition coefficient (Wildman–Crippen LogP) is 3.79. The molecule has 1 aromatic heterocycles. The summed E-state index contributed by atoms with van der Waals surface area (Å²) in [6.07, 6.45) is -1.14. The van der Waals surface area contributed by atoms with Gasteiger partial charge in [-0.2, -0.15) is 18.3 Å². The van der Waals surface area contributed by atoms with E-state index >= 15 is 0 Å². The molecule has 2 nitrogen and oxygen atoms in total. The van der Waals surface area contributed by atoms with Crippen LogP contribution in [0.15, 0.2) is 48.8 Å². The molecule has 0 bridgehead atoms. The smallest absolute Gasteiger partial charge is 0.268 e. The van der Waals surface area contributed by atoms with E-state index in [0.29, 0.717) is 5.56 Å². The number of benzene rings is 1. The van der Waals surface area contributed by atoms with Gasteiger partial charge in [0.05, 0.1) is 11.5 Å². The number of hydrogen-bond donors (Lipinski definition) is 0. The molecule has 1 aromatic carbocycles. The van der Waals surface area contributed by atoms with Crippen molar-refractivity contribution in [2.24, 2.45) is 5.41 Å². The van der Waals surface area contributed by atoms with Gasteiger partial charge in [-0.05, 0) is 18.6 Å². The second-order valence-corrected chi connectivity index (χ2v) is 5.10. The zero-order chi connectivity index (χ0) is 13.7. The molecule has 0 N–H and O–H groups in total. The lowest BCUT2D eigenvalue weighted by molar-refractivity contribution is -0.187. The average Bonchev–Trinajstić information content (AvgIpc) is 2.75. The van der Waals surface area contributed by atoms with Crippen LogP contribution in [0.25, 0.3) is 0 Å². The molecule has 0 aliphatic heterocycles. The highest BCUT2D eigenvalue weighted by atomic mass is 19.4. The molecule has 0 radical (unpaired) electrons. The highest BCUT2D eigenvalue weighted by Crippen LogP contribution is 2.73. The molecule has 19 heavy (non-hydrogen) atoms. The van der Waals surface area contributed by atoms with Crippen LogP contribution >= 0.6 is 0 Å². The lowest BCUT2D eigenvalue weighted by atomic mass is 10.0. The van der Waals surface area contributed by atoms with E-state index in [2.05, 4.69) is 5.10 Å². The molecule has 3 unspecified atom stereocenters. The maximum absolute atomic E-state index is 13.4. The number of alkyl halides is 3. The van der Waals surface area contributed by atoms with Crippen LogP contribution in [-0.2, 0) is 0 Å². The van der Waals surface area contributed by atoms with Gasteiger partial charge >= 0.3 is 6.18 Å². The first kappa shape index (κ1) is 12.3. The molecule has 100 valence electrons. The first-order valence-corrected chi connectivity index (χ1v) is 6.07. The Hall–Kier alpha value is -1.78. The Balaban J connectivity index is 2.04. The second-order valence-electron chi connectivity index (χ2n) is 5.10. The number of rotatable bonds is 2. The average molecular weight is 266 g/mol. The first-order valence-electron chi connectivity index (χ1n) is 6.07. The Labute approximate surface area is 108 Å². The van der Waals surface area contributed by atoms with Crippen molar-refractivity contribution in [2.75, 3.05) is 0 Å². The van der Waals surface area contributed by atoms with E-state index in [1.165, 1.54) is 17.8 Å². The summed E-state index contributed by atoms with van der Waals surface area (Å²) in [6, 6.07) is 9.83. The maximum atomic E-state index is 13.4. The Kier molecular flexibility index (Phi) is 2.49. The molecular formula is C14H13F3N2. The fourth-order valence-electron chi connectivity index (χ4n) is 2.90. The topological polar surface area (TPSA) is 17.8 Å². The van der Waals surface area contributed by atoms with Gasteiger partial charge in [-0.1, -0.05) is 30.3 Å². The molecule has 0 spiro atoms. The van der Waals surface area contributed by atoms with Crippen LogP contribution in [0.3, 0.4) is 0 Å². The molecule has 3 atom stereocenters. The van der Waals surface area contributed by atoms with Gasteiger partial charge in [0.2, 0.25) is 0 Å². The standard InChI is InChI=1S/C14H13F3N2/c1-13(14(15,16)17)11(10-6-3-2-4-7-10)12(13)19-9-5-8-18-19/h2-9,11-12H,1H3. The Morgan fingerprint density at radius 1 is 1.16 bits per heavy atom. The lowest BCUT2D eigenvalue weighted by Gasteiger charge is -2.16. The van der Waals surface area contributed by atoms with Crippen molar-refractivity contribution in [3.63, 3.8) is 0 Å². The van der Waals surface area contributed by atoms with Crippen molar-refractivity contribution in [1.29, 1.82) is 0 Å². The molecular weight excluding hydrogens is 253 g/mol. The van der Waals surface area contributed by atoms with E-state index in [1.54, 1.807) is 42.6 Å². The van der Waals surface area contributed by atoms with Crippen LogP contribution < -0.4 is 0 Å². The summed E-state index contributed by atoms with van der Waals surface area (Å²) in [4.78, 5) is 0. The molecule has 3 rings (SSSR count). The summed E-state index contributed by atoms with van der Waals surface area (Å²) in [6.45, 7) is 1.27. The predicted molar refractivity (Wildman–Crippen MR) is 64.6 cm³/mol. The molecule has 2 aromatic rings. The van der Waals surface area contributed by atoms with E-state index in [4.69, 9.17) is 0 Å². The van der Waals surface area contributed by atoms with Gasteiger partial charge in [0.15, 0.2) is 0 Å². The van der Waals surface area contributed by atoms with Crippen molar-refractivity contribution in [2.45, 2.75) is 25.1 Å². The molecule has 0 amide bonds. The van der Waals surface area contributed by atoms with Crippen molar-refractivity contribution in [1.82, 2.24) is 9.78 Å². The van der Waals surface area contributed by atoms with Gasteiger partial charge in [0.1, 0.15) is 0 Å². The largest absolute Gasteiger partial charge is 0.396 e. The van der Waals surface area contributed by atoms with Gasteiger partial charge < -0.3 is 0 Å². The van der Waals surface area contributed by atoms with Crippen LogP contribution in [0.2, 0.25) is 0 Å². The summed E-state index contributed by atoms with van der Waals surface area (Å²) in [5.41, 5.74) is -1.04. The fourth-order valence-corrected chi connectivity index (χ4v) is 2.90. The lowest BCUT2D eigenvalue weighted by Crippen LogP contribution is -2.25. The molecule has 5 heteroatoms. The second kappa shape index (κ2) is 3.85. The zero-order valence-corrected chi connectivity index (χ0v) is 10.3. The fraction of sp³-hybridized carbons (Fsp3) is 0.357. The van der Waals surface area contributed by atoms with E-state index in [0.717, 1.165) is 0 Å². The van der Waals surface area contributed by atoms with Crippen LogP contribution in [-0.4, -0.2) is 16.0 Å². The minimum atomic E-state index is -4.25. The summed E-state index contributed by atoms with van der Waals surface area (Å²) in [5.74, 6) is -0.575. The van der Waals surface area contributed by atoms with E-state index in [-0.39, 0.29) is 0 Å². The van der Waals surface area contributed by atoms with Gasteiger partial charge in [-0.3, -0.25) is 4.68 Å². The van der Waals surface area contributed by atoms with E-state index in [9.17, 15) is 13.2 Å². The number of hydrogen-bond acceptors (Lipinski definition) is 1. The monoisotopic (exact) mass is 266 g/mol. The summed E-state index contributed by atoms with van der Waals surface area (Å²) in [5, 5.41) is 3.98. The summed E-state index contributed by atoms with van der Waals surface area (Å²) >= 11 is 0. The molecule has 1 aliphatic carbocycles. The number of nitrogens with zero attached hydrogens (tertiary/aromatic N) is 2. The van der Waals surface area contributed by atoms with Gasteiger partial charge in [-0.25, -0.2) is 0 Å². The highest BCUT2D eigenvalue weighted by molar-refractivity contribution is 5.35. The summed E-state index contributed by atoms with van der Waals surface area (Å²) in [7, 11) is 0. The third-order valence-electron chi connectivity index (χ3n) is 4.05. The van der Waals surface area contributed by atoms with Crippen molar-refractivity contribution < 1.29 is 13.2 Å². The molecule has 1 heterocycles. The van der Waals surface area contributed by atoms with Crippen molar-refractivity contribution >= 4 is 0 Å². The molecule has 1 saturated carbocycles. The van der Waals surface area contributed by atoms with Crippen LogP contribution in [0.1, 0.15) is 24.4 Å². The minimum Gasteiger partial charge on any atom is -0.268 e. The van der Waals surface area contributed by atoms with E-state index < -0.39 is 23.6 Å². The maximum Gasteiger partial charge on any atom is 0.396 e. The SMILES string of the molecule is CC1(C(F)(F)F)C(c2ccccc2)C1n1cccn1.